The van der Waals surface area contributed by atoms with Gasteiger partial charge >= 0.3 is 0 Å². The van der Waals surface area contributed by atoms with Gasteiger partial charge in [0.15, 0.2) is 0 Å². The lowest BCUT2D eigenvalue weighted by atomic mass is 10.0. The van der Waals surface area contributed by atoms with Crippen LogP contribution >= 0.6 is 0 Å². The number of nitrogen functional groups attached to an aromatic ring is 1. The Hall–Kier alpha value is -0.990. The number of hydrogen-bond acceptors (Lipinski definition) is 2. The summed E-state index contributed by atoms with van der Waals surface area (Å²) in [5, 5.41) is 4.49. The van der Waals surface area contributed by atoms with Crippen LogP contribution in [0.5, 0.6) is 0 Å². The molecule has 1 rings (SSSR count). The zero-order chi connectivity index (χ0) is 11.3. The average molecular weight is 209 g/mol. The molecule has 1 aromatic heterocycles. The van der Waals surface area contributed by atoms with Crippen molar-refractivity contribution >= 4 is 5.82 Å². The van der Waals surface area contributed by atoms with E-state index >= 15 is 0 Å². The molecule has 0 radical (unpaired) electrons. The first-order valence-electron chi connectivity index (χ1n) is 6.00. The molecule has 0 aliphatic heterocycles. The fourth-order valence-corrected chi connectivity index (χ4v) is 1.81. The summed E-state index contributed by atoms with van der Waals surface area (Å²) in [5.74, 6) is 0.856. The Morgan fingerprint density at radius 1 is 1.13 bits per heavy atom. The third-order valence-corrected chi connectivity index (χ3v) is 2.82. The van der Waals surface area contributed by atoms with Crippen molar-refractivity contribution in [2.24, 2.45) is 7.05 Å². The summed E-state index contributed by atoms with van der Waals surface area (Å²) in [4.78, 5) is 0. The Morgan fingerprint density at radius 2 is 1.73 bits per heavy atom. The van der Waals surface area contributed by atoms with Crippen LogP contribution in [0, 0.1) is 0 Å². The van der Waals surface area contributed by atoms with Crippen LogP contribution in [-0.4, -0.2) is 9.78 Å². The van der Waals surface area contributed by atoms with Gasteiger partial charge in [-0.1, -0.05) is 26.7 Å². The van der Waals surface area contributed by atoms with Gasteiger partial charge in [-0.05, 0) is 25.7 Å². The Morgan fingerprint density at radius 3 is 2.33 bits per heavy atom. The second-order valence-electron chi connectivity index (χ2n) is 4.14. The van der Waals surface area contributed by atoms with Crippen molar-refractivity contribution in [3.05, 3.63) is 11.3 Å². The van der Waals surface area contributed by atoms with Crippen LogP contribution in [-0.2, 0) is 19.9 Å². The predicted molar refractivity (Wildman–Crippen MR) is 64.8 cm³/mol. The average Bonchev–Trinajstić information content (AvgIpc) is 2.50. The first-order valence-corrected chi connectivity index (χ1v) is 6.00. The first-order chi connectivity index (χ1) is 7.20. The molecule has 15 heavy (non-hydrogen) atoms. The maximum atomic E-state index is 6.02. The van der Waals surface area contributed by atoms with Gasteiger partial charge < -0.3 is 5.73 Å². The van der Waals surface area contributed by atoms with Gasteiger partial charge in [0.25, 0.3) is 0 Å². The van der Waals surface area contributed by atoms with Crippen molar-refractivity contribution in [2.45, 2.75) is 52.4 Å². The molecule has 3 nitrogen and oxygen atoms in total. The van der Waals surface area contributed by atoms with Crippen LogP contribution in [0.2, 0.25) is 0 Å². The van der Waals surface area contributed by atoms with E-state index in [9.17, 15) is 0 Å². The lowest BCUT2D eigenvalue weighted by Crippen LogP contribution is -1.99. The molecule has 86 valence electrons. The minimum absolute atomic E-state index is 0.856. The number of aryl methyl sites for hydroxylation is 2. The molecule has 2 N–H and O–H groups in total. The van der Waals surface area contributed by atoms with Crippen LogP contribution in [0.4, 0.5) is 5.82 Å². The van der Waals surface area contributed by atoms with Gasteiger partial charge in [0.1, 0.15) is 5.82 Å². The van der Waals surface area contributed by atoms with E-state index < -0.39 is 0 Å². The molecule has 0 bridgehead atoms. The highest BCUT2D eigenvalue weighted by molar-refractivity contribution is 5.43. The highest BCUT2D eigenvalue weighted by Gasteiger charge is 2.12. The molecular formula is C12H23N3. The van der Waals surface area contributed by atoms with Crippen molar-refractivity contribution in [1.82, 2.24) is 9.78 Å². The van der Waals surface area contributed by atoms with Crippen molar-refractivity contribution in [3.8, 4) is 0 Å². The van der Waals surface area contributed by atoms with Gasteiger partial charge in [0, 0.05) is 12.6 Å². The molecule has 0 aliphatic carbocycles. The molecule has 0 aromatic carbocycles. The van der Waals surface area contributed by atoms with E-state index in [4.69, 9.17) is 5.73 Å². The second kappa shape index (κ2) is 5.79. The number of anilines is 1. The topological polar surface area (TPSA) is 43.8 Å². The van der Waals surface area contributed by atoms with E-state index in [2.05, 4.69) is 18.9 Å². The molecular weight excluding hydrogens is 186 g/mol. The Labute approximate surface area is 92.7 Å². The summed E-state index contributed by atoms with van der Waals surface area (Å²) in [6, 6.07) is 0. The largest absolute Gasteiger partial charge is 0.384 e. The molecule has 0 saturated heterocycles. The maximum Gasteiger partial charge on any atom is 0.124 e. The standard InChI is InChI=1S/C12H23N3/c1-4-6-8-10-11(9-7-5-2)14-15(3)12(10)13/h4-9,13H2,1-3H3. The molecule has 0 atom stereocenters. The van der Waals surface area contributed by atoms with Crippen LogP contribution < -0.4 is 5.73 Å². The number of hydrogen-bond donors (Lipinski definition) is 1. The molecule has 0 unspecified atom stereocenters. The van der Waals surface area contributed by atoms with E-state index in [0.29, 0.717) is 0 Å². The van der Waals surface area contributed by atoms with E-state index in [1.807, 2.05) is 11.7 Å². The van der Waals surface area contributed by atoms with Gasteiger partial charge in [0.2, 0.25) is 0 Å². The quantitative estimate of drug-likeness (QED) is 0.782. The Balaban J connectivity index is 2.78. The molecule has 0 saturated carbocycles. The molecule has 1 heterocycles. The van der Waals surface area contributed by atoms with Gasteiger partial charge in [-0.25, -0.2) is 0 Å². The van der Waals surface area contributed by atoms with Crippen molar-refractivity contribution in [2.75, 3.05) is 5.73 Å². The Bertz CT molecular complexity index is 302. The summed E-state index contributed by atoms with van der Waals surface area (Å²) in [7, 11) is 1.93. The minimum atomic E-state index is 0.856. The van der Waals surface area contributed by atoms with Gasteiger partial charge in [-0.3, -0.25) is 4.68 Å². The highest BCUT2D eigenvalue weighted by atomic mass is 15.3. The number of rotatable bonds is 6. The van der Waals surface area contributed by atoms with Gasteiger partial charge in [0.05, 0.1) is 5.69 Å². The van der Waals surface area contributed by atoms with E-state index in [-0.39, 0.29) is 0 Å². The van der Waals surface area contributed by atoms with E-state index in [0.717, 1.165) is 18.7 Å². The van der Waals surface area contributed by atoms with Crippen LogP contribution in [0.15, 0.2) is 0 Å². The molecule has 0 aliphatic rings. The molecule has 1 aromatic rings. The normalized spacial score (nSPS) is 10.9. The molecule has 0 fully saturated rings. The third kappa shape index (κ3) is 2.98. The first kappa shape index (κ1) is 12.1. The van der Waals surface area contributed by atoms with Crippen molar-refractivity contribution in [3.63, 3.8) is 0 Å². The Kier molecular flexibility index (Phi) is 4.66. The lowest BCUT2D eigenvalue weighted by molar-refractivity contribution is 0.713. The number of nitrogens with two attached hydrogens (primary N) is 1. The smallest absolute Gasteiger partial charge is 0.124 e. The number of aromatic nitrogens is 2. The van der Waals surface area contributed by atoms with Crippen LogP contribution in [0.1, 0.15) is 50.8 Å². The summed E-state index contributed by atoms with van der Waals surface area (Å²) < 4.78 is 1.82. The van der Waals surface area contributed by atoms with Crippen LogP contribution in [0.3, 0.4) is 0 Å². The van der Waals surface area contributed by atoms with Gasteiger partial charge in [-0.15, -0.1) is 0 Å². The number of nitrogens with zero attached hydrogens (tertiary/aromatic N) is 2. The monoisotopic (exact) mass is 209 g/mol. The number of unbranched alkanes of at least 4 members (excludes halogenated alkanes) is 2. The summed E-state index contributed by atoms with van der Waals surface area (Å²) in [6.07, 6.45) is 6.98. The third-order valence-electron chi connectivity index (χ3n) is 2.82. The lowest BCUT2D eigenvalue weighted by Gasteiger charge is -2.02. The SMILES string of the molecule is CCCCc1nn(C)c(N)c1CCCC. The van der Waals surface area contributed by atoms with Crippen LogP contribution in [0.25, 0.3) is 0 Å². The molecule has 0 spiro atoms. The van der Waals surface area contributed by atoms with Crippen molar-refractivity contribution < 1.29 is 0 Å². The summed E-state index contributed by atoms with van der Waals surface area (Å²) in [5.41, 5.74) is 8.51. The molecule has 0 amide bonds. The van der Waals surface area contributed by atoms with E-state index in [1.165, 1.54) is 36.9 Å². The fourth-order valence-electron chi connectivity index (χ4n) is 1.81. The summed E-state index contributed by atoms with van der Waals surface area (Å²) >= 11 is 0. The fraction of sp³-hybridized carbons (Fsp3) is 0.750. The predicted octanol–water partition coefficient (Wildman–Crippen LogP) is 2.69. The highest BCUT2D eigenvalue weighted by Crippen LogP contribution is 2.20. The zero-order valence-electron chi connectivity index (χ0n) is 10.2. The van der Waals surface area contributed by atoms with Crippen molar-refractivity contribution in [1.29, 1.82) is 0 Å². The zero-order valence-corrected chi connectivity index (χ0v) is 10.2. The summed E-state index contributed by atoms with van der Waals surface area (Å²) in [6.45, 7) is 4.41. The molecule has 3 heteroatoms. The minimum Gasteiger partial charge on any atom is -0.384 e. The van der Waals surface area contributed by atoms with E-state index in [1.54, 1.807) is 0 Å². The maximum absolute atomic E-state index is 6.02. The second-order valence-corrected chi connectivity index (χ2v) is 4.14. The van der Waals surface area contributed by atoms with Gasteiger partial charge in [-0.2, -0.15) is 5.10 Å².